The lowest BCUT2D eigenvalue weighted by Gasteiger charge is -2.50. The van der Waals surface area contributed by atoms with E-state index in [1.54, 1.807) is 0 Å². The SMILES string of the molecule is C=CC(C[Si](C)(C)c1ccccc1)[Si](c1ccccc1)(c1ccccc1)C(C)(C)C. The molecule has 3 rings (SSSR count). The molecule has 30 heavy (non-hydrogen) atoms. The molecule has 0 N–H and O–H groups in total. The maximum Gasteiger partial charge on any atom is 0.129 e. The molecule has 0 aliphatic carbocycles. The van der Waals surface area contributed by atoms with Crippen LogP contribution in [0.2, 0.25) is 29.7 Å². The number of rotatable bonds is 7. The van der Waals surface area contributed by atoms with Crippen LogP contribution < -0.4 is 15.6 Å². The number of benzene rings is 3. The predicted molar refractivity (Wildman–Crippen MR) is 140 cm³/mol. The van der Waals surface area contributed by atoms with Crippen LogP contribution in [-0.2, 0) is 0 Å². The van der Waals surface area contributed by atoms with Gasteiger partial charge in [0, 0.05) is 0 Å². The van der Waals surface area contributed by atoms with Crippen LogP contribution in [0.1, 0.15) is 20.8 Å². The van der Waals surface area contributed by atoms with Gasteiger partial charge < -0.3 is 0 Å². The lowest BCUT2D eigenvalue weighted by molar-refractivity contribution is 0.716. The maximum atomic E-state index is 4.43. The lowest BCUT2D eigenvalue weighted by atomic mass is 10.2. The largest absolute Gasteiger partial charge is 0.129 e. The van der Waals surface area contributed by atoms with Crippen LogP contribution in [0.15, 0.2) is 104 Å². The molecule has 0 aromatic heterocycles. The van der Waals surface area contributed by atoms with Gasteiger partial charge in [0.1, 0.15) is 8.07 Å². The summed E-state index contributed by atoms with van der Waals surface area (Å²) in [5, 5.41) is 4.73. The van der Waals surface area contributed by atoms with Gasteiger partial charge in [0.2, 0.25) is 0 Å². The molecule has 0 bridgehead atoms. The molecule has 0 heterocycles. The molecule has 156 valence electrons. The van der Waals surface area contributed by atoms with E-state index in [1.807, 2.05) is 0 Å². The Labute approximate surface area is 185 Å². The fourth-order valence-corrected chi connectivity index (χ4v) is 16.6. The van der Waals surface area contributed by atoms with Gasteiger partial charge in [0.15, 0.2) is 0 Å². The van der Waals surface area contributed by atoms with Gasteiger partial charge in [0.25, 0.3) is 0 Å². The van der Waals surface area contributed by atoms with Gasteiger partial charge >= 0.3 is 0 Å². The summed E-state index contributed by atoms with van der Waals surface area (Å²) in [5.74, 6) is 0. The molecule has 0 fully saturated rings. The summed E-state index contributed by atoms with van der Waals surface area (Å²) in [6.07, 6.45) is 2.30. The van der Waals surface area contributed by atoms with Crippen LogP contribution in [0.5, 0.6) is 0 Å². The Bertz CT molecular complexity index is 899. The summed E-state index contributed by atoms with van der Waals surface area (Å²) in [5.41, 5.74) is 0.462. The quantitative estimate of drug-likeness (QED) is 0.309. The monoisotopic (exact) mass is 428 g/mol. The molecule has 0 aliphatic rings. The molecule has 1 atom stereocenters. The lowest BCUT2D eigenvalue weighted by Crippen LogP contribution is -2.67. The molecule has 3 aromatic carbocycles. The van der Waals surface area contributed by atoms with Gasteiger partial charge in [0.05, 0.1) is 8.07 Å². The van der Waals surface area contributed by atoms with Gasteiger partial charge in [-0.1, -0.05) is 146 Å². The van der Waals surface area contributed by atoms with E-state index in [0.29, 0.717) is 5.54 Å². The standard InChI is InChI=1S/C28H36Si2/c1-7-24(23-29(5,6)25-17-11-8-12-18-25)30(28(2,3)4,26-19-13-9-14-20-26)27-21-15-10-16-22-27/h7-22,24H,1,23H2,2-6H3. The first-order valence-corrected chi connectivity index (χ1v) is 16.3. The van der Waals surface area contributed by atoms with E-state index in [-0.39, 0.29) is 5.04 Å². The van der Waals surface area contributed by atoms with Crippen molar-refractivity contribution in [3.05, 3.63) is 104 Å². The average molecular weight is 429 g/mol. The highest BCUT2D eigenvalue weighted by atomic mass is 28.3. The average Bonchev–Trinajstić information content (AvgIpc) is 2.74. The van der Waals surface area contributed by atoms with Gasteiger partial charge in [-0.2, -0.15) is 0 Å². The summed E-state index contributed by atoms with van der Waals surface area (Å²) in [4.78, 5) is 0. The van der Waals surface area contributed by atoms with Gasteiger partial charge in [-0.25, -0.2) is 0 Å². The first-order valence-electron chi connectivity index (χ1n) is 11.0. The topological polar surface area (TPSA) is 0 Å². The van der Waals surface area contributed by atoms with Crippen molar-refractivity contribution >= 4 is 31.7 Å². The van der Waals surface area contributed by atoms with Gasteiger partial charge in [-0.3, -0.25) is 0 Å². The summed E-state index contributed by atoms with van der Waals surface area (Å²) >= 11 is 0. The van der Waals surface area contributed by atoms with E-state index in [9.17, 15) is 0 Å². The summed E-state index contributed by atoms with van der Waals surface area (Å²) < 4.78 is 0. The molecule has 0 aliphatic heterocycles. The highest BCUT2D eigenvalue weighted by Gasteiger charge is 2.53. The summed E-state index contributed by atoms with van der Waals surface area (Å²) in [7, 11) is -3.86. The summed E-state index contributed by atoms with van der Waals surface area (Å²) in [6, 6.07) is 35.0. The number of hydrogen-bond acceptors (Lipinski definition) is 0. The molecular weight excluding hydrogens is 392 g/mol. The van der Waals surface area contributed by atoms with E-state index in [4.69, 9.17) is 0 Å². The van der Waals surface area contributed by atoms with Crippen molar-refractivity contribution in [2.45, 2.75) is 50.5 Å². The minimum absolute atomic E-state index is 0.149. The van der Waals surface area contributed by atoms with Crippen molar-refractivity contribution in [2.24, 2.45) is 0 Å². The zero-order valence-corrected chi connectivity index (χ0v) is 21.2. The second-order valence-corrected chi connectivity index (χ2v) is 19.9. The van der Waals surface area contributed by atoms with Crippen molar-refractivity contribution in [1.82, 2.24) is 0 Å². The molecule has 2 heteroatoms. The number of hydrogen-bond donors (Lipinski definition) is 0. The fraction of sp³-hybridized carbons (Fsp3) is 0.286. The first kappa shape index (κ1) is 22.5. The summed E-state index contributed by atoms with van der Waals surface area (Å²) in [6.45, 7) is 16.8. The molecule has 0 spiro atoms. The fourth-order valence-electron chi connectivity index (χ4n) is 5.39. The van der Waals surface area contributed by atoms with Crippen LogP contribution in [0.3, 0.4) is 0 Å². The predicted octanol–water partition coefficient (Wildman–Crippen LogP) is 6.22. The Morgan fingerprint density at radius 2 is 1.07 bits per heavy atom. The van der Waals surface area contributed by atoms with Crippen molar-refractivity contribution < 1.29 is 0 Å². The molecule has 0 nitrogen and oxygen atoms in total. The second-order valence-electron chi connectivity index (χ2n) is 10.1. The molecular formula is C28H36Si2. The van der Waals surface area contributed by atoms with Crippen LogP contribution in [0, 0.1) is 0 Å². The second kappa shape index (κ2) is 8.91. The molecule has 0 saturated heterocycles. The Morgan fingerprint density at radius 3 is 1.40 bits per heavy atom. The number of allylic oxidation sites excluding steroid dienone is 1. The van der Waals surface area contributed by atoms with Crippen LogP contribution in [0.25, 0.3) is 0 Å². The Morgan fingerprint density at radius 1 is 0.700 bits per heavy atom. The molecule has 0 saturated carbocycles. The van der Waals surface area contributed by atoms with Crippen LogP contribution in [-0.4, -0.2) is 16.1 Å². The van der Waals surface area contributed by atoms with Crippen molar-refractivity contribution in [2.75, 3.05) is 0 Å². The minimum atomic E-state index is -2.20. The normalized spacial score (nSPS) is 13.6. The smallest absolute Gasteiger partial charge is 0.103 e. The first-order chi connectivity index (χ1) is 14.2. The minimum Gasteiger partial charge on any atom is -0.103 e. The zero-order valence-electron chi connectivity index (χ0n) is 19.2. The molecule has 0 radical (unpaired) electrons. The van der Waals surface area contributed by atoms with E-state index in [2.05, 4.69) is 138 Å². The van der Waals surface area contributed by atoms with E-state index in [0.717, 1.165) is 0 Å². The highest BCUT2D eigenvalue weighted by Crippen LogP contribution is 2.46. The highest BCUT2D eigenvalue weighted by molar-refractivity contribution is 7.06. The Balaban J connectivity index is 2.24. The van der Waals surface area contributed by atoms with Gasteiger partial charge in [-0.15, -0.1) is 6.58 Å². The van der Waals surface area contributed by atoms with Crippen LogP contribution in [0.4, 0.5) is 0 Å². The van der Waals surface area contributed by atoms with Crippen molar-refractivity contribution in [1.29, 1.82) is 0 Å². The van der Waals surface area contributed by atoms with Crippen molar-refractivity contribution in [3.63, 3.8) is 0 Å². The Hall–Kier alpha value is -2.17. The third kappa shape index (κ3) is 4.17. The molecule has 0 amide bonds. The Kier molecular flexibility index (Phi) is 6.69. The molecule has 1 unspecified atom stereocenters. The van der Waals surface area contributed by atoms with E-state index in [1.165, 1.54) is 21.6 Å². The van der Waals surface area contributed by atoms with Crippen molar-refractivity contribution in [3.8, 4) is 0 Å². The zero-order chi connectivity index (χ0) is 21.8. The molecule has 3 aromatic rings. The van der Waals surface area contributed by atoms with Crippen LogP contribution >= 0.6 is 0 Å². The third-order valence-electron chi connectivity index (χ3n) is 6.77. The third-order valence-corrected chi connectivity index (χ3v) is 16.9. The maximum absolute atomic E-state index is 4.43. The van der Waals surface area contributed by atoms with E-state index < -0.39 is 16.1 Å². The van der Waals surface area contributed by atoms with E-state index >= 15 is 0 Å². The van der Waals surface area contributed by atoms with Gasteiger partial charge in [-0.05, 0) is 16.6 Å².